The van der Waals surface area contributed by atoms with E-state index in [0.717, 1.165) is 17.8 Å². The van der Waals surface area contributed by atoms with Gasteiger partial charge < -0.3 is 5.11 Å². The standard InChI is InChI=1S/C13H10F2O3S/c1-8(16)19-5-3-2-4-9-6-10(13(17)18)12(15)7-11(9)14/h6-7H,3,5H2,1H3,(H,17,18). The highest BCUT2D eigenvalue weighted by atomic mass is 32.2. The molecular formula is C13H10F2O3S. The minimum absolute atomic E-state index is 0.0390. The van der Waals surface area contributed by atoms with Gasteiger partial charge in [-0.05, 0) is 6.07 Å². The molecule has 0 aromatic heterocycles. The van der Waals surface area contributed by atoms with Gasteiger partial charge in [-0.25, -0.2) is 13.6 Å². The number of halogens is 2. The number of carbonyl (C=O) groups is 2. The molecule has 6 heteroatoms. The summed E-state index contributed by atoms with van der Waals surface area (Å²) in [4.78, 5) is 21.3. The van der Waals surface area contributed by atoms with Gasteiger partial charge in [0.2, 0.25) is 0 Å². The zero-order valence-corrected chi connectivity index (χ0v) is 10.8. The highest BCUT2D eigenvalue weighted by Crippen LogP contribution is 2.14. The molecule has 1 aromatic carbocycles. The fraction of sp³-hybridized carbons (Fsp3) is 0.231. The van der Waals surface area contributed by atoms with Crippen molar-refractivity contribution in [1.29, 1.82) is 0 Å². The molecule has 0 aliphatic heterocycles. The Kier molecular flexibility index (Phi) is 5.52. The van der Waals surface area contributed by atoms with Crippen LogP contribution >= 0.6 is 11.8 Å². The summed E-state index contributed by atoms with van der Waals surface area (Å²) in [5, 5.41) is 8.66. The van der Waals surface area contributed by atoms with Crippen LogP contribution in [0.1, 0.15) is 29.3 Å². The Morgan fingerprint density at radius 1 is 1.32 bits per heavy atom. The molecule has 0 bridgehead atoms. The van der Waals surface area contributed by atoms with E-state index in [9.17, 15) is 18.4 Å². The largest absolute Gasteiger partial charge is 0.478 e. The maximum Gasteiger partial charge on any atom is 0.338 e. The summed E-state index contributed by atoms with van der Waals surface area (Å²) in [6, 6.07) is 1.36. The maximum absolute atomic E-state index is 13.3. The number of benzene rings is 1. The molecule has 0 aliphatic rings. The van der Waals surface area contributed by atoms with Crippen LogP contribution < -0.4 is 0 Å². The Bertz CT molecular complexity index is 573. The van der Waals surface area contributed by atoms with E-state index in [0.29, 0.717) is 18.2 Å². The summed E-state index contributed by atoms with van der Waals surface area (Å²) in [5.41, 5.74) is -0.796. The van der Waals surface area contributed by atoms with Crippen molar-refractivity contribution in [3.63, 3.8) is 0 Å². The third-order valence-electron chi connectivity index (χ3n) is 2.04. The lowest BCUT2D eigenvalue weighted by molar-refractivity contribution is -0.109. The molecule has 0 amide bonds. The van der Waals surface area contributed by atoms with Crippen LogP contribution in [0.25, 0.3) is 0 Å². The summed E-state index contributed by atoms with van der Waals surface area (Å²) in [5.74, 6) is 1.98. The van der Waals surface area contributed by atoms with Crippen LogP contribution in [-0.2, 0) is 4.79 Å². The maximum atomic E-state index is 13.3. The zero-order chi connectivity index (χ0) is 14.4. The summed E-state index contributed by atoms with van der Waals surface area (Å²) in [6.07, 6.45) is 0.351. The fourth-order valence-electron chi connectivity index (χ4n) is 1.21. The molecule has 0 aliphatic carbocycles. The van der Waals surface area contributed by atoms with Crippen LogP contribution in [0.3, 0.4) is 0 Å². The molecule has 100 valence electrons. The van der Waals surface area contributed by atoms with Crippen molar-refractivity contribution in [3.8, 4) is 11.8 Å². The molecule has 0 spiro atoms. The number of hydrogen-bond acceptors (Lipinski definition) is 3. The van der Waals surface area contributed by atoms with E-state index in [4.69, 9.17) is 5.11 Å². The van der Waals surface area contributed by atoms with Gasteiger partial charge in [-0.1, -0.05) is 23.6 Å². The van der Waals surface area contributed by atoms with E-state index >= 15 is 0 Å². The van der Waals surface area contributed by atoms with Crippen molar-refractivity contribution in [3.05, 3.63) is 34.9 Å². The van der Waals surface area contributed by atoms with Crippen LogP contribution in [0.5, 0.6) is 0 Å². The van der Waals surface area contributed by atoms with Gasteiger partial charge in [-0.15, -0.1) is 0 Å². The van der Waals surface area contributed by atoms with Crippen molar-refractivity contribution >= 4 is 22.8 Å². The monoisotopic (exact) mass is 284 g/mol. The number of thioether (sulfide) groups is 1. The van der Waals surface area contributed by atoms with Crippen LogP contribution in [-0.4, -0.2) is 21.9 Å². The Hall–Kier alpha value is -1.87. The second-order valence-electron chi connectivity index (χ2n) is 3.51. The highest BCUT2D eigenvalue weighted by Gasteiger charge is 2.13. The highest BCUT2D eigenvalue weighted by molar-refractivity contribution is 8.13. The lowest BCUT2D eigenvalue weighted by atomic mass is 10.1. The molecule has 0 radical (unpaired) electrons. The number of carboxylic acid groups (broad SMARTS) is 1. The molecule has 19 heavy (non-hydrogen) atoms. The minimum Gasteiger partial charge on any atom is -0.478 e. The lowest BCUT2D eigenvalue weighted by Gasteiger charge is -2.00. The van der Waals surface area contributed by atoms with Gasteiger partial charge in [0.15, 0.2) is 5.12 Å². The van der Waals surface area contributed by atoms with Crippen LogP contribution in [0, 0.1) is 23.5 Å². The topological polar surface area (TPSA) is 54.4 Å². The molecule has 0 fully saturated rings. The molecule has 0 heterocycles. The molecule has 1 N–H and O–H groups in total. The molecule has 0 saturated carbocycles. The smallest absolute Gasteiger partial charge is 0.338 e. The van der Waals surface area contributed by atoms with Gasteiger partial charge in [0, 0.05) is 25.2 Å². The van der Waals surface area contributed by atoms with Gasteiger partial charge >= 0.3 is 5.97 Å². The van der Waals surface area contributed by atoms with Crippen LogP contribution in [0.2, 0.25) is 0 Å². The molecule has 0 saturated heterocycles. The summed E-state index contributed by atoms with van der Waals surface area (Å²) in [7, 11) is 0. The van der Waals surface area contributed by atoms with Gasteiger partial charge in [0.25, 0.3) is 0 Å². The van der Waals surface area contributed by atoms with Gasteiger partial charge in [-0.2, -0.15) is 0 Å². The predicted octanol–water partition coefficient (Wildman–Crippen LogP) is 2.68. The van der Waals surface area contributed by atoms with E-state index < -0.39 is 23.2 Å². The van der Waals surface area contributed by atoms with E-state index in [1.54, 1.807) is 0 Å². The number of rotatable bonds is 3. The number of aromatic carboxylic acids is 1. The Balaban J connectivity index is 2.84. The van der Waals surface area contributed by atoms with Crippen molar-refractivity contribution in [2.24, 2.45) is 0 Å². The van der Waals surface area contributed by atoms with Crippen molar-refractivity contribution in [2.75, 3.05) is 5.75 Å². The number of carbonyl (C=O) groups excluding carboxylic acids is 1. The molecule has 0 unspecified atom stereocenters. The van der Waals surface area contributed by atoms with E-state index in [2.05, 4.69) is 11.8 Å². The summed E-state index contributed by atoms with van der Waals surface area (Å²) in [6.45, 7) is 1.43. The first-order chi connectivity index (χ1) is 8.91. The van der Waals surface area contributed by atoms with E-state index in [1.807, 2.05) is 0 Å². The predicted molar refractivity (Wildman–Crippen MR) is 68.0 cm³/mol. The normalized spacial score (nSPS) is 9.63. The van der Waals surface area contributed by atoms with Crippen LogP contribution in [0.4, 0.5) is 8.78 Å². The van der Waals surface area contributed by atoms with Crippen molar-refractivity contribution in [2.45, 2.75) is 13.3 Å². The lowest BCUT2D eigenvalue weighted by Crippen LogP contribution is -2.02. The first-order valence-electron chi connectivity index (χ1n) is 5.26. The second-order valence-corrected chi connectivity index (χ2v) is 4.78. The average molecular weight is 284 g/mol. The third kappa shape index (κ3) is 4.72. The Labute approximate surface area is 113 Å². The summed E-state index contributed by atoms with van der Waals surface area (Å²) >= 11 is 1.09. The summed E-state index contributed by atoms with van der Waals surface area (Å²) < 4.78 is 26.4. The molecular weight excluding hydrogens is 274 g/mol. The number of carboxylic acids is 1. The molecule has 3 nitrogen and oxygen atoms in total. The SMILES string of the molecule is CC(=O)SCCC#Cc1cc(C(=O)O)c(F)cc1F. The molecule has 1 aromatic rings. The average Bonchev–Trinajstić information content (AvgIpc) is 2.30. The van der Waals surface area contributed by atoms with Gasteiger partial charge in [0.1, 0.15) is 11.6 Å². The molecule has 0 atom stereocenters. The first kappa shape index (κ1) is 15.2. The van der Waals surface area contributed by atoms with Crippen molar-refractivity contribution < 1.29 is 23.5 Å². The molecule has 1 rings (SSSR count). The van der Waals surface area contributed by atoms with Gasteiger partial charge in [-0.3, -0.25) is 4.79 Å². The second kappa shape index (κ2) is 6.90. The Morgan fingerprint density at radius 3 is 2.58 bits per heavy atom. The minimum atomic E-state index is -1.48. The number of hydrogen-bond donors (Lipinski definition) is 1. The first-order valence-corrected chi connectivity index (χ1v) is 6.25. The zero-order valence-electron chi connectivity index (χ0n) is 10.00. The third-order valence-corrected chi connectivity index (χ3v) is 2.86. The Morgan fingerprint density at radius 2 is 2.00 bits per heavy atom. The van der Waals surface area contributed by atoms with E-state index in [-0.39, 0.29) is 10.7 Å². The quantitative estimate of drug-likeness (QED) is 0.685. The van der Waals surface area contributed by atoms with Crippen molar-refractivity contribution in [1.82, 2.24) is 0 Å². The fourth-order valence-corrected chi connectivity index (χ4v) is 1.70. The van der Waals surface area contributed by atoms with E-state index in [1.165, 1.54) is 6.92 Å². The van der Waals surface area contributed by atoms with Gasteiger partial charge in [0.05, 0.1) is 11.1 Å². The van der Waals surface area contributed by atoms with Crippen LogP contribution in [0.15, 0.2) is 12.1 Å².